The van der Waals surface area contributed by atoms with Crippen molar-refractivity contribution >= 4 is 17.3 Å². The smallest absolute Gasteiger partial charge is 0.241 e. The number of anilines is 2. The van der Waals surface area contributed by atoms with E-state index >= 15 is 0 Å². The van der Waals surface area contributed by atoms with Crippen molar-refractivity contribution in [2.24, 2.45) is 5.92 Å². The lowest BCUT2D eigenvalue weighted by Gasteiger charge is -2.24. The second-order valence-corrected chi connectivity index (χ2v) is 5.90. The number of carbonyl (C=O) groups excluding carboxylic acids is 1. The van der Waals surface area contributed by atoms with Crippen LogP contribution in [0.25, 0.3) is 0 Å². The van der Waals surface area contributed by atoms with Gasteiger partial charge in [-0.1, -0.05) is 0 Å². The number of aliphatic hydroxyl groups excluding tert-OH is 1. The molecule has 1 aromatic carbocycles. The highest BCUT2D eigenvalue weighted by Gasteiger charge is 2.29. The van der Waals surface area contributed by atoms with E-state index < -0.39 is 0 Å². The van der Waals surface area contributed by atoms with Gasteiger partial charge in [0, 0.05) is 24.5 Å². The zero-order valence-electron chi connectivity index (χ0n) is 12.8. The van der Waals surface area contributed by atoms with Crippen LogP contribution in [0.15, 0.2) is 18.2 Å². The number of aliphatic hydroxyl groups is 1. The molecule has 21 heavy (non-hydrogen) atoms. The fraction of sp³-hybridized carbons (Fsp3) is 0.562. The third kappa shape index (κ3) is 3.95. The summed E-state index contributed by atoms with van der Waals surface area (Å²) in [7, 11) is 0. The highest BCUT2D eigenvalue weighted by Crippen LogP contribution is 2.23. The molecular weight excluding hydrogens is 266 g/mol. The van der Waals surface area contributed by atoms with E-state index in [9.17, 15) is 4.79 Å². The van der Waals surface area contributed by atoms with Gasteiger partial charge < -0.3 is 16.2 Å². The molecule has 0 saturated carbocycles. The van der Waals surface area contributed by atoms with Crippen molar-refractivity contribution in [1.82, 2.24) is 4.90 Å². The largest absolute Gasteiger partial charge is 0.399 e. The second kappa shape index (κ2) is 6.91. The van der Waals surface area contributed by atoms with E-state index in [1.54, 1.807) is 6.07 Å². The normalized spacial score (nSPS) is 20.4. The molecule has 2 atom stereocenters. The molecule has 1 saturated heterocycles. The number of amides is 1. The number of nitrogen functional groups attached to an aromatic ring is 1. The first kappa shape index (κ1) is 15.8. The minimum atomic E-state index is -0.161. The summed E-state index contributed by atoms with van der Waals surface area (Å²) < 4.78 is 0. The summed E-state index contributed by atoms with van der Waals surface area (Å²) in [6, 6.07) is 5.33. The highest BCUT2D eigenvalue weighted by molar-refractivity contribution is 5.95. The maximum Gasteiger partial charge on any atom is 0.241 e. The minimum absolute atomic E-state index is 0.00696. The molecular formula is C16H25N3O2. The van der Waals surface area contributed by atoms with Crippen LogP contribution >= 0.6 is 0 Å². The third-order valence-corrected chi connectivity index (χ3v) is 4.29. The molecule has 1 aliphatic heterocycles. The highest BCUT2D eigenvalue weighted by atomic mass is 16.3. The predicted molar refractivity (Wildman–Crippen MR) is 85.1 cm³/mol. The van der Waals surface area contributed by atoms with Crippen molar-refractivity contribution in [1.29, 1.82) is 0 Å². The molecule has 5 heteroatoms. The fourth-order valence-corrected chi connectivity index (χ4v) is 2.86. The van der Waals surface area contributed by atoms with Gasteiger partial charge in [0.05, 0.1) is 6.04 Å². The minimum Gasteiger partial charge on any atom is -0.399 e. The molecule has 1 heterocycles. The number of benzene rings is 1. The fourth-order valence-electron chi connectivity index (χ4n) is 2.86. The summed E-state index contributed by atoms with van der Waals surface area (Å²) in [5.74, 6) is 0.510. The number of nitrogens with two attached hydrogens (primary N) is 1. The Bertz CT molecular complexity index is 504. The summed E-state index contributed by atoms with van der Waals surface area (Å²) in [6.07, 6.45) is 1.88. The van der Waals surface area contributed by atoms with Gasteiger partial charge in [-0.15, -0.1) is 0 Å². The van der Waals surface area contributed by atoms with Crippen LogP contribution in [0.5, 0.6) is 0 Å². The summed E-state index contributed by atoms with van der Waals surface area (Å²) in [5, 5.41) is 12.0. The number of hydrogen-bond acceptors (Lipinski definition) is 4. The molecule has 2 rings (SSSR count). The standard InChI is InChI=1S/C16H25N3O2/c1-11-9-14(17)3-4-15(11)18-16(21)12(2)19-7-5-13(10-19)6-8-20/h3-4,9,12-13,20H,5-8,10,17H2,1-2H3,(H,18,21). The van der Waals surface area contributed by atoms with Crippen LogP contribution in [-0.2, 0) is 4.79 Å². The Kier molecular flexibility index (Phi) is 5.20. The van der Waals surface area contributed by atoms with Crippen LogP contribution < -0.4 is 11.1 Å². The van der Waals surface area contributed by atoms with Crippen molar-refractivity contribution in [2.75, 3.05) is 30.7 Å². The maximum atomic E-state index is 12.4. The van der Waals surface area contributed by atoms with Crippen molar-refractivity contribution in [2.45, 2.75) is 32.7 Å². The number of hydrogen-bond donors (Lipinski definition) is 3. The number of aryl methyl sites for hydroxylation is 1. The molecule has 2 unspecified atom stereocenters. The van der Waals surface area contributed by atoms with Crippen LogP contribution in [0.2, 0.25) is 0 Å². The molecule has 116 valence electrons. The molecule has 4 N–H and O–H groups in total. The number of nitrogens with one attached hydrogen (secondary N) is 1. The van der Waals surface area contributed by atoms with Gasteiger partial charge in [0.25, 0.3) is 0 Å². The molecule has 5 nitrogen and oxygen atoms in total. The van der Waals surface area contributed by atoms with E-state index in [0.29, 0.717) is 11.6 Å². The first-order chi connectivity index (χ1) is 10.0. The van der Waals surface area contributed by atoms with E-state index in [4.69, 9.17) is 10.8 Å². The molecule has 1 aliphatic rings. The molecule has 0 aliphatic carbocycles. The van der Waals surface area contributed by atoms with Gasteiger partial charge in [-0.05, 0) is 62.9 Å². The second-order valence-electron chi connectivity index (χ2n) is 5.90. The average molecular weight is 291 g/mol. The Morgan fingerprint density at radius 3 is 3.00 bits per heavy atom. The Labute approximate surface area is 126 Å². The van der Waals surface area contributed by atoms with Gasteiger partial charge in [-0.3, -0.25) is 9.69 Å². The van der Waals surface area contributed by atoms with Crippen LogP contribution in [0.3, 0.4) is 0 Å². The van der Waals surface area contributed by atoms with E-state index in [0.717, 1.165) is 37.2 Å². The van der Waals surface area contributed by atoms with E-state index in [1.807, 2.05) is 26.0 Å². The molecule has 1 amide bonds. The lowest BCUT2D eigenvalue weighted by molar-refractivity contribution is -0.120. The van der Waals surface area contributed by atoms with E-state index in [1.165, 1.54) is 0 Å². The molecule has 0 bridgehead atoms. The maximum absolute atomic E-state index is 12.4. The van der Waals surface area contributed by atoms with Crippen LogP contribution in [-0.4, -0.2) is 41.7 Å². The third-order valence-electron chi connectivity index (χ3n) is 4.29. The van der Waals surface area contributed by atoms with E-state index in [-0.39, 0.29) is 18.6 Å². The summed E-state index contributed by atoms with van der Waals surface area (Å²) in [6.45, 7) is 5.90. The summed E-state index contributed by atoms with van der Waals surface area (Å²) >= 11 is 0. The summed E-state index contributed by atoms with van der Waals surface area (Å²) in [4.78, 5) is 14.6. The van der Waals surface area contributed by atoms with Crippen LogP contribution in [0, 0.1) is 12.8 Å². The Morgan fingerprint density at radius 2 is 2.33 bits per heavy atom. The number of carbonyl (C=O) groups is 1. The first-order valence-electron chi connectivity index (χ1n) is 7.53. The van der Waals surface area contributed by atoms with Crippen LogP contribution in [0.4, 0.5) is 11.4 Å². The quantitative estimate of drug-likeness (QED) is 0.720. The Hall–Kier alpha value is -1.59. The molecule has 1 aromatic rings. The molecule has 1 fully saturated rings. The number of rotatable bonds is 5. The van der Waals surface area contributed by atoms with Gasteiger partial charge in [0.2, 0.25) is 5.91 Å². The zero-order chi connectivity index (χ0) is 15.4. The van der Waals surface area contributed by atoms with Gasteiger partial charge in [0.15, 0.2) is 0 Å². The van der Waals surface area contributed by atoms with Crippen molar-refractivity contribution in [3.63, 3.8) is 0 Å². The Morgan fingerprint density at radius 1 is 1.57 bits per heavy atom. The first-order valence-corrected chi connectivity index (χ1v) is 7.53. The van der Waals surface area contributed by atoms with E-state index in [2.05, 4.69) is 10.2 Å². The topological polar surface area (TPSA) is 78.6 Å². The van der Waals surface area contributed by atoms with Gasteiger partial charge in [-0.25, -0.2) is 0 Å². The van der Waals surface area contributed by atoms with Gasteiger partial charge in [0.1, 0.15) is 0 Å². The lowest BCUT2D eigenvalue weighted by atomic mass is 10.1. The van der Waals surface area contributed by atoms with Crippen molar-refractivity contribution in [3.8, 4) is 0 Å². The number of nitrogens with zero attached hydrogens (tertiary/aromatic N) is 1. The zero-order valence-corrected chi connectivity index (χ0v) is 12.8. The van der Waals surface area contributed by atoms with Crippen LogP contribution in [0.1, 0.15) is 25.3 Å². The van der Waals surface area contributed by atoms with Crippen molar-refractivity contribution in [3.05, 3.63) is 23.8 Å². The SMILES string of the molecule is Cc1cc(N)ccc1NC(=O)C(C)N1CCC(CCO)C1. The Balaban J connectivity index is 1.94. The average Bonchev–Trinajstić information content (AvgIpc) is 2.90. The predicted octanol–water partition coefficient (Wildman–Crippen LogP) is 1.61. The van der Waals surface area contributed by atoms with Gasteiger partial charge >= 0.3 is 0 Å². The monoisotopic (exact) mass is 291 g/mol. The molecule has 0 aromatic heterocycles. The summed E-state index contributed by atoms with van der Waals surface area (Å²) in [5.41, 5.74) is 8.20. The molecule has 0 spiro atoms. The van der Waals surface area contributed by atoms with Gasteiger partial charge in [-0.2, -0.15) is 0 Å². The molecule has 0 radical (unpaired) electrons. The number of likely N-dealkylation sites (tertiary alicyclic amines) is 1. The van der Waals surface area contributed by atoms with Crippen molar-refractivity contribution < 1.29 is 9.90 Å². The lowest BCUT2D eigenvalue weighted by Crippen LogP contribution is -2.40.